The molecule has 152 valence electrons. The fourth-order valence-corrected chi connectivity index (χ4v) is 6.30. The van der Waals surface area contributed by atoms with E-state index in [1.54, 1.807) is 19.2 Å². The van der Waals surface area contributed by atoms with E-state index < -0.39 is 27.6 Å². The molecular weight excluding hydrogens is 406 g/mol. The summed E-state index contributed by atoms with van der Waals surface area (Å²) in [5.41, 5.74) is 0.476. The first-order valence-corrected chi connectivity index (χ1v) is 11.2. The molecule has 0 radical (unpaired) electrons. The first-order chi connectivity index (χ1) is 13.2. The second kappa shape index (κ2) is 8.26. The van der Waals surface area contributed by atoms with Crippen molar-refractivity contribution in [1.82, 2.24) is 9.21 Å². The maximum absolute atomic E-state index is 13.4. The first kappa shape index (κ1) is 20.9. The monoisotopic (exact) mass is 428 g/mol. The third-order valence-electron chi connectivity index (χ3n) is 4.82. The summed E-state index contributed by atoms with van der Waals surface area (Å²) in [5.74, 6) is -2.55. The molecular formula is C19H22F2N2O3S2. The van der Waals surface area contributed by atoms with Crippen molar-refractivity contribution in [1.29, 1.82) is 0 Å². The van der Waals surface area contributed by atoms with Gasteiger partial charge in [0.2, 0.25) is 5.91 Å². The van der Waals surface area contributed by atoms with Crippen molar-refractivity contribution in [3.63, 3.8) is 0 Å². The van der Waals surface area contributed by atoms with Crippen molar-refractivity contribution in [2.75, 3.05) is 20.1 Å². The van der Waals surface area contributed by atoms with Crippen molar-refractivity contribution >= 4 is 27.3 Å². The number of sulfonamides is 1. The predicted octanol–water partition coefficient (Wildman–Crippen LogP) is 3.39. The Morgan fingerprint density at radius 3 is 2.64 bits per heavy atom. The third-order valence-corrected chi connectivity index (χ3v) is 8.16. The minimum atomic E-state index is -3.61. The Labute approximate surface area is 167 Å². The highest BCUT2D eigenvalue weighted by atomic mass is 32.2. The Balaban J connectivity index is 1.69. The molecule has 2 aromatic rings. The Hall–Kier alpha value is -1.84. The van der Waals surface area contributed by atoms with Gasteiger partial charge in [0.05, 0.1) is 5.92 Å². The Morgan fingerprint density at radius 1 is 1.25 bits per heavy atom. The number of thiophene rings is 1. The van der Waals surface area contributed by atoms with Crippen LogP contribution in [0.1, 0.15) is 23.3 Å². The molecule has 1 unspecified atom stereocenters. The summed E-state index contributed by atoms with van der Waals surface area (Å²) in [5, 5.41) is 0. The van der Waals surface area contributed by atoms with E-state index in [4.69, 9.17) is 0 Å². The highest BCUT2D eigenvalue weighted by Gasteiger charge is 2.35. The minimum Gasteiger partial charge on any atom is -0.341 e. The van der Waals surface area contributed by atoms with Gasteiger partial charge in [0.25, 0.3) is 10.0 Å². The Morgan fingerprint density at radius 2 is 2.00 bits per heavy atom. The van der Waals surface area contributed by atoms with E-state index in [1.807, 2.05) is 6.92 Å². The Bertz CT molecular complexity index is 975. The lowest BCUT2D eigenvalue weighted by atomic mass is 9.98. The fraction of sp³-hybridized carbons (Fsp3) is 0.421. The zero-order chi connectivity index (χ0) is 20.5. The molecule has 5 nitrogen and oxygen atoms in total. The summed E-state index contributed by atoms with van der Waals surface area (Å²) in [7, 11) is -2.03. The topological polar surface area (TPSA) is 57.7 Å². The van der Waals surface area contributed by atoms with Gasteiger partial charge >= 0.3 is 0 Å². The van der Waals surface area contributed by atoms with Gasteiger partial charge < -0.3 is 4.90 Å². The summed E-state index contributed by atoms with van der Waals surface area (Å²) in [6.07, 6.45) is 1.19. The zero-order valence-electron chi connectivity index (χ0n) is 15.7. The standard InChI is InChI=1S/C19H22F2N2O3S2/c1-13-5-8-18(27-13)28(25,26)23-9-3-4-15(12-23)19(24)22(2)11-14-6-7-16(20)17(21)10-14/h5-8,10,15H,3-4,9,11-12H2,1-2H3. The summed E-state index contributed by atoms with van der Waals surface area (Å²) in [4.78, 5) is 15.2. The molecule has 3 rings (SSSR count). The number of hydrogen-bond donors (Lipinski definition) is 0. The van der Waals surface area contributed by atoms with Crippen LogP contribution in [0.3, 0.4) is 0 Å². The number of carbonyl (C=O) groups excluding carboxylic acids is 1. The molecule has 1 aliphatic heterocycles. The van der Waals surface area contributed by atoms with Crippen LogP contribution in [0.2, 0.25) is 0 Å². The van der Waals surface area contributed by atoms with E-state index in [2.05, 4.69) is 0 Å². The molecule has 1 atom stereocenters. The average molecular weight is 429 g/mol. The van der Waals surface area contributed by atoms with Crippen LogP contribution >= 0.6 is 11.3 Å². The highest BCUT2D eigenvalue weighted by molar-refractivity contribution is 7.91. The molecule has 0 spiro atoms. The summed E-state index contributed by atoms with van der Waals surface area (Å²) < 4.78 is 53.8. The third kappa shape index (κ3) is 4.42. The molecule has 1 amide bonds. The van der Waals surface area contributed by atoms with Crippen LogP contribution in [0.15, 0.2) is 34.5 Å². The lowest BCUT2D eigenvalue weighted by Gasteiger charge is -2.33. The predicted molar refractivity (Wildman–Crippen MR) is 103 cm³/mol. The smallest absolute Gasteiger partial charge is 0.252 e. The van der Waals surface area contributed by atoms with E-state index in [0.29, 0.717) is 24.9 Å². The van der Waals surface area contributed by atoms with Gasteiger partial charge in [0.1, 0.15) is 4.21 Å². The van der Waals surface area contributed by atoms with Gasteiger partial charge in [-0.3, -0.25) is 4.79 Å². The molecule has 0 aliphatic carbocycles. The number of nitrogens with zero attached hydrogens (tertiary/aromatic N) is 2. The number of amides is 1. The lowest BCUT2D eigenvalue weighted by molar-refractivity contribution is -0.135. The average Bonchev–Trinajstić information content (AvgIpc) is 3.11. The first-order valence-electron chi connectivity index (χ1n) is 8.94. The molecule has 0 saturated carbocycles. The van der Waals surface area contributed by atoms with E-state index >= 15 is 0 Å². The maximum Gasteiger partial charge on any atom is 0.252 e. The summed E-state index contributed by atoms with van der Waals surface area (Å²) in [6.45, 7) is 2.49. The highest BCUT2D eigenvalue weighted by Crippen LogP contribution is 2.29. The number of benzene rings is 1. The molecule has 0 bridgehead atoms. The lowest BCUT2D eigenvalue weighted by Crippen LogP contribution is -2.45. The van der Waals surface area contributed by atoms with Crippen molar-refractivity contribution in [2.45, 2.75) is 30.5 Å². The number of aryl methyl sites for hydroxylation is 1. The van der Waals surface area contributed by atoms with Gasteiger partial charge in [0.15, 0.2) is 11.6 Å². The van der Waals surface area contributed by atoms with Crippen LogP contribution in [0, 0.1) is 24.5 Å². The second-order valence-electron chi connectivity index (χ2n) is 7.01. The van der Waals surface area contributed by atoms with E-state index in [9.17, 15) is 22.0 Å². The number of carbonyl (C=O) groups is 1. The number of halogens is 2. The number of hydrogen-bond acceptors (Lipinski definition) is 4. The van der Waals surface area contributed by atoms with Crippen molar-refractivity contribution < 1.29 is 22.0 Å². The van der Waals surface area contributed by atoms with E-state index in [0.717, 1.165) is 17.0 Å². The summed E-state index contributed by atoms with van der Waals surface area (Å²) >= 11 is 1.22. The molecule has 1 saturated heterocycles. The molecule has 1 aliphatic rings. The van der Waals surface area contributed by atoms with Crippen molar-refractivity contribution in [3.05, 3.63) is 52.4 Å². The van der Waals surface area contributed by atoms with Crippen LogP contribution in [-0.4, -0.2) is 43.7 Å². The number of rotatable bonds is 5. The van der Waals surface area contributed by atoms with Gasteiger partial charge in [-0.25, -0.2) is 17.2 Å². The van der Waals surface area contributed by atoms with Crippen molar-refractivity contribution in [3.8, 4) is 0 Å². The van der Waals surface area contributed by atoms with Crippen LogP contribution in [0.4, 0.5) is 8.78 Å². The number of piperidine rings is 1. The molecule has 1 fully saturated rings. The van der Waals surface area contributed by atoms with E-state index in [1.165, 1.54) is 26.6 Å². The van der Waals surface area contributed by atoms with Crippen molar-refractivity contribution in [2.24, 2.45) is 5.92 Å². The fourth-order valence-electron chi connectivity index (χ4n) is 3.34. The molecule has 28 heavy (non-hydrogen) atoms. The van der Waals surface area contributed by atoms with Gasteiger partial charge in [0, 0.05) is 31.6 Å². The SMILES string of the molecule is Cc1ccc(S(=O)(=O)N2CCCC(C(=O)N(C)Cc3ccc(F)c(F)c3)C2)s1. The van der Waals surface area contributed by atoms with Gasteiger partial charge in [-0.1, -0.05) is 6.07 Å². The molecule has 9 heteroatoms. The largest absolute Gasteiger partial charge is 0.341 e. The summed E-state index contributed by atoms with van der Waals surface area (Å²) in [6, 6.07) is 6.88. The molecule has 2 heterocycles. The van der Waals surface area contributed by atoms with Gasteiger partial charge in [-0.2, -0.15) is 4.31 Å². The van der Waals surface area contributed by atoms with Crippen LogP contribution < -0.4 is 0 Å². The Kier molecular flexibility index (Phi) is 6.16. The quantitative estimate of drug-likeness (QED) is 0.734. The zero-order valence-corrected chi connectivity index (χ0v) is 17.3. The molecule has 1 aromatic carbocycles. The van der Waals surface area contributed by atoms with Crippen LogP contribution in [0.25, 0.3) is 0 Å². The van der Waals surface area contributed by atoms with E-state index in [-0.39, 0.29) is 23.2 Å². The minimum absolute atomic E-state index is 0.125. The van der Waals surface area contributed by atoms with Gasteiger partial charge in [-0.05, 0) is 49.6 Å². The van der Waals surface area contributed by atoms with Crippen LogP contribution in [-0.2, 0) is 21.4 Å². The maximum atomic E-state index is 13.4. The molecule has 1 aromatic heterocycles. The van der Waals surface area contributed by atoms with Crippen LogP contribution in [0.5, 0.6) is 0 Å². The second-order valence-corrected chi connectivity index (χ2v) is 10.5. The van der Waals surface area contributed by atoms with Gasteiger partial charge in [-0.15, -0.1) is 11.3 Å². The molecule has 0 N–H and O–H groups in total. The normalized spacial score (nSPS) is 18.2.